The number of quaternary nitrogens is 1. The van der Waals surface area contributed by atoms with Gasteiger partial charge in [-0.1, -0.05) is 35.4 Å². The van der Waals surface area contributed by atoms with E-state index in [0.29, 0.717) is 22.2 Å². The van der Waals surface area contributed by atoms with Crippen LogP contribution in [0, 0.1) is 0 Å². The Hall–Kier alpha value is -2.38. The maximum Gasteiger partial charge on any atom is 0.321 e. The molecular formula is C20H28ClN4O3+. The summed E-state index contributed by atoms with van der Waals surface area (Å²) in [5.41, 5.74) is 1.89. The van der Waals surface area contributed by atoms with Gasteiger partial charge in [0.25, 0.3) is 11.8 Å². The Morgan fingerprint density at radius 1 is 1.11 bits per heavy atom. The molecule has 0 fully saturated rings. The normalized spacial score (nSPS) is 14.6. The Morgan fingerprint density at radius 3 is 2.57 bits per heavy atom. The fraction of sp³-hybridized carbons (Fsp3) is 0.450. The zero-order chi connectivity index (χ0) is 20.4. The highest BCUT2D eigenvalue weighted by atomic mass is 35.5. The third kappa shape index (κ3) is 8.10. The maximum atomic E-state index is 12.1. The molecule has 0 spiro atoms. The molecule has 28 heavy (non-hydrogen) atoms. The molecule has 4 N–H and O–H groups in total. The van der Waals surface area contributed by atoms with Gasteiger partial charge in [-0.25, -0.2) is 4.79 Å². The fourth-order valence-corrected chi connectivity index (χ4v) is 3.23. The van der Waals surface area contributed by atoms with E-state index in [1.54, 1.807) is 31.3 Å². The topological polar surface area (TPSA) is 91.7 Å². The number of para-hydroxylation sites is 1. The van der Waals surface area contributed by atoms with Crippen LogP contribution in [0.4, 0.5) is 10.5 Å². The number of carbonyl (C=O) groups excluding carboxylic acids is 3. The summed E-state index contributed by atoms with van der Waals surface area (Å²) in [5.74, 6) is -0.693. The highest BCUT2D eigenvalue weighted by molar-refractivity contribution is 6.33. The van der Waals surface area contributed by atoms with Crippen LogP contribution in [0.2, 0.25) is 5.02 Å². The van der Waals surface area contributed by atoms with E-state index in [2.05, 4.69) is 22.0 Å². The van der Waals surface area contributed by atoms with Crippen LogP contribution in [0.25, 0.3) is 0 Å². The SMILES string of the molecule is C[NH+](CC(=O)NC(=O)NCCC1=CCCCC1)CC(=O)Nc1ccccc1Cl. The number of anilines is 1. The van der Waals surface area contributed by atoms with Crippen LogP contribution < -0.4 is 20.9 Å². The van der Waals surface area contributed by atoms with Crippen molar-refractivity contribution in [1.82, 2.24) is 10.6 Å². The number of amides is 4. The summed E-state index contributed by atoms with van der Waals surface area (Å²) >= 11 is 6.00. The minimum Gasteiger partial charge on any atom is -0.337 e. The van der Waals surface area contributed by atoms with Gasteiger partial charge in [0, 0.05) is 6.54 Å². The molecule has 7 nitrogen and oxygen atoms in total. The van der Waals surface area contributed by atoms with Gasteiger partial charge >= 0.3 is 6.03 Å². The number of carbonyl (C=O) groups is 3. The lowest BCUT2D eigenvalue weighted by atomic mass is 9.97. The molecule has 8 heteroatoms. The third-order valence-electron chi connectivity index (χ3n) is 4.44. The Bertz CT molecular complexity index is 736. The second kappa shape index (κ2) is 11.5. The molecule has 2 rings (SSSR count). The average molecular weight is 408 g/mol. The van der Waals surface area contributed by atoms with Crippen molar-refractivity contribution in [3.63, 3.8) is 0 Å². The summed E-state index contributed by atoms with van der Waals surface area (Å²) in [6.45, 7) is 0.594. The van der Waals surface area contributed by atoms with Crippen LogP contribution in [-0.4, -0.2) is 44.5 Å². The lowest BCUT2D eigenvalue weighted by molar-refractivity contribution is -0.862. The quantitative estimate of drug-likeness (QED) is 0.492. The molecule has 0 aromatic heterocycles. The summed E-state index contributed by atoms with van der Waals surface area (Å²) in [4.78, 5) is 36.5. The predicted molar refractivity (Wildman–Crippen MR) is 109 cm³/mol. The second-order valence-electron chi connectivity index (χ2n) is 7.00. The average Bonchev–Trinajstić information content (AvgIpc) is 2.64. The number of rotatable bonds is 8. The Balaban J connectivity index is 1.64. The van der Waals surface area contributed by atoms with Gasteiger partial charge in [0.1, 0.15) is 0 Å². The zero-order valence-electron chi connectivity index (χ0n) is 16.1. The molecule has 152 valence electrons. The number of allylic oxidation sites excluding steroid dienone is 1. The number of halogens is 1. The van der Waals surface area contributed by atoms with Crippen molar-refractivity contribution in [3.05, 3.63) is 40.9 Å². The van der Waals surface area contributed by atoms with E-state index in [4.69, 9.17) is 11.6 Å². The van der Waals surface area contributed by atoms with Crippen LogP contribution in [0.3, 0.4) is 0 Å². The molecule has 0 saturated carbocycles. The fourth-order valence-electron chi connectivity index (χ4n) is 3.05. The van der Waals surface area contributed by atoms with Gasteiger partial charge in [0.15, 0.2) is 13.1 Å². The van der Waals surface area contributed by atoms with E-state index in [0.717, 1.165) is 19.3 Å². The van der Waals surface area contributed by atoms with Gasteiger partial charge in [0.2, 0.25) is 0 Å². The lowest BCUT2D eigenvalue weighted by Gasteiger charge is -2.15. The van der Waals surface area contributed by atoms with Crippen LogP contribution in [0.5, 0.6) is 0 Å². The molecule has 1 aliphatic carbocycles. The first kappa shape index (κ1) is 21.9. The van der Waals surface area contributed by atoms with Crippen molar-refractivity contribution < 1.29 is 19.3 Å². The van der Waals surface area contributed by atoms with E-state index in [1.807, 2.05) is 0 Å². The highest BCUT2D eigenvalue weighted by Gasteiger charge is 2.16. The van der Waals surface area contributed by atoms with Crippen LogP contribution in [-0.2, 0) is 9.59 Å². The van der Waals surface area contributed by atoms with Crippen LogP contribution >= 0.6 is 11.6 Å². The van der Waals surface area contributed by atoms with Crippen molar-refractivity contribution in [1.29, 1.82) is 0 Å². The van der Waals surface area contributed by atoms with E-state index >= 15 is 0 Å². The number of likely N-dealkylation sites (N-methyl/N-ethyl adjacent to an activating group) is 1. The Morgan fingerprint density at radius 2 is 1.86 bits per heavy atom. The smallest absolute Gasteiger partial charge is 0.321 e. The minimum absolute atomic E-state index is 0.00845. The number of urea groups is 1. The predicted octanol–water partition coefficient (Wildman–Crippen LogP) is 1.51. The number of nitrogens with one attached hydrogen (secondary N) is 4. The molecular weight excluding hydrogens is 380 g/mol. The third-order valence-corrected chi connectivity index (χ3v) is 4.77. The van der Waals surface area contributed by atoms with E-state index < -0.39 is 11.9 Å². The van der Waals surface area contributed by atoms with Gasteiger partial charge in [-0.15, -0.1) is 0 Å². The minimum atomic E-state index is -0.505. The van der Waals surface area contributed by atoms with Crippen LogP contribution in [0.15, 0.2) is 35.9 Å². The number of hydrogen-bond donors (Lipinski definition) is 4. The number of imide groups is 1. The van der Waals surface area contributed by atoms with Gasteiger partial charge in [-0.2, -0.15) is 0 Å². The standard InChI is InChI=1S/C20H27ClN4O3/c1-25(13-18(26)23-17-10-6-5-9-16(17)21)14-19(27)24-20(28)22-12-11-15-7-3-2-4-8-15/h5-7,9-10H,2-4,8,11-14H2,1H3,(H,23,26)(H2,22,24,27,28)/p+1. The summed E-state index contributed by atoms with van der Waals surface area (Å²) in [7, 11) is 1.71. The van der Waals surface area contributed by atoms with Gasteiger partial charge in [0.05, 0.1) is 17.8 Å². The molecule has 0 heterocycles. The first-order valence-electron chi connectivity index (χ1n) is 9.55. The molecule has 1 atom stereocenters. The summed E-state index contributed by atoms with van der Waals surface area (Å²) in [6, 6.07) is 6.43. The molecule has 1 aromatic rings. The molecule has 0 aliphatic heterocycles. The van der Waals surface area contributed by atoms with Gasteiger partial charge in [-0.05, 0) is 44.2 Å². The monoisotopic (exact) mass is 407 g/mol. The van der Waals surface area contributed by atoms with E-state index in [9.17, 15) is 14.4 Å². The maximum absolute atomic E-state index is 12.1. The summed E-state index contributed by atoms with van der Waals surface area (Å²) in [5, 5.41) is 8.15. The molecule has 0 radical (unpaired) electrons. The van der Waals surface area contributed by atoms with Crippen molar-refractivity contribution in [2.45, 2.75) is 32.1 Å². The lowest BCUT2D eigenvalue weighted by Crippen LogP contribution is -3.11. The Kier molecular flexibility index (Phi) is 8.97. The summed E-state index contributed by atoms with van der Waals surface area (Å²) in [6.07, 6.45) is 7.69. The summed E-state index contributed by atoms with van der Waals surface area (Å²) < 4.78 is 0. The van der Waals surface area contributed by atoms with Gasteiger partial charge in [-0.3, -0.25) is 14.9 Å². The van der Waals surface area contributed by atoms with Crippen molar-refractivity contribution in [2.75, 3.05) is 32.0 Å². The van der Waals surface area contributed by atoms with Gasteiger partial charge < -0.3 is 15.5 Å². The largest absolute Gasteiger partial charge is 0.337 e. The first-order chi connectivity index (χ1) is 13.4. The zero-order valence-corrected chi connectivity index (χ0v) is 16.9. The van der Waals surface area contributed by atoms with Crippen LogP contribution in [0.1, 0.15) is 32.1 Å². The van der Waals surface area contributed by atoms with Crippen molar-refractivity contribution in [2.24, 2.45) is 0 Å². The highest BCUT2D eigenvalue weighted by Crippen LogP contribution is 2.20. The van der Waals surface area contributed by atoms with E-state index in [-0.39, 0.29) is 19.0 Å². The molecule has 1 unspecified atom stereocenters. The number of benzene rings is 1. The molecule has 0 saturated heterocycles. The Labute approximate surface area is 170 Å². The second-order valence-corrected chi connectivity index (χ2v) is 7.41. The first-order valence-corrected chi connectivity index (χ1v) is 9.93. The molecule has 1 aromatic carbocycles. The molecule has 0 bridgehead atoms. The molecule has 1 aliphatic rings. The number of hydrogen-bond acceptors (Lipinski definition) is 3. The van der Waals surface area contributed by atoms with Crippen molar-refractivity contribution in [3.8, 4) is 0 Å². The van der Waals surface area contributed by atoms with E-state index in [1.165, 1.54) is 18.4 Å². The molecule has 4 amide bonds. The van der Waals surface area contributed by atoms with Crippen molar-refractivity contribution >= 4 is 35.1 Å².